The summed E-state index contributed by atoms with van der Waals surface area (Å²) < 4.78 is 15.5. The predicted octanol–water partition coefficient (Wildman–Crippen LogP) is 3.57. The summed E-state index contributed by atoms with van der Waals surface area (Å²) in [6, 6.07) is 15.1. The Balaban J connectivity index is 2.54. The van der Waals surface area contributed by atoms with Gasteiger partial charge >= 0.3 is 11.9 Å². The third-order valence-corrected chi connectivity index (χ3v) is 3.69. The number of esters is 2. The van der Waals surface area contributed by atoms with Crippen LogP contribution in [0.4, 0.5) is 0 Å². The van der Waals surface area contributed by atoms with Crippen LogP contribution >= 0.6 is 0 Å². The molecule has 25 heavy (non-hydrogen) atoms. The highest BCUT2D eigenvalue weighted by Crippen LogP contribution is 2.33. The fourth-order valence-electron chi connectivity index (χ4n) is 2.57. The first-order chi connectivity index (χ1) is 12.1. The summed E-state index contributed by atoms with van der Waals surface area (Å²) in [5.41, 5.74) is 2.27. The first-order valence-electron chi connectivity index (χ1n) is 8.19. The summed E-state index contributed by atoms with van der Waals surface area (Å²) in [6.07, 6.45) is 0. The van der Waals surface area contributed by atoms with E-state index in [2.05, 4.69) is 0 Å². The SMILES string of the molecule is CCOC(=O)C(C(=O)OCC)c1cc(-c2ccccc2)ccc1OC. The van der Waals surface area contributed by atoms with Crippen LogP contribution in [0.15, 0.2) is 48.5 Å². The summed E-state index contributed by atoms with van der Waals surface area (Å²) >= 11 is 0. The smallest absolute Gasteiger partial charge is 0.325 e. The Labute approximate surface area is 147 Å². The molecule has 0 radical (unpaired) electrons. The number of carbonyl (C=O) groups excluding carboxylic acids is 2. The van der Waals surface area contributed by atoms with Gasteiger partial charge in [0.2, 0.25) is 0 Å². The molecule has 0 fully saturated rings. The second-order valence-corrected chi connectivity index (χ2v) is 5.26. The standard InChI is InChI=1S/C20H22O5/c1-4-24-19(21)18(20(22)25-5-2)16-13-15(11-12-17(16)23-3)14-9-7-6-8-10-14/h6-13,18H,4-5H2,1-3H3. The van der Waals surface area contributed by atoms with E-state index in [-0.39, 0.29) is 13.2 Å². The van der Waals surface area contributed by atoms with Crippen LogP contribution in [-0.4, -0.2) is 32.3 Å². The van der Waals surface area contributed by atoms with E-state index in [1.165, 1.54) is 7.11 Å². The maximum atomic E-state index is 12.4. The van der Waals surface area contributed by atoms with Crippen molar-refractivity contribution in [2.45, 2.75) is 19.8 Å². The molecular weight excluding hydrogens is 320 g/mol. The molecule has 0 aliphatic carbocycles. The van der Waals surface area contributed by atoms with Crippen LogP contribution in [0.25, 0.3) is 11.1 Å². The Kier molecular flexibility index (Phi) is 6.57. The highest BCUT2D eigenvalue weighted by Gasteiger charge is 2.34. The summed E-state index contributed by atoms with van der Waals surface area (Å²) in [5, 5.41) is 0. The lowest BCUT2D eigenvalue weighted by Gasteiger charge is -2.18. The lowest BCUT2D eigenvalue weighted by atomic mass is 9.94. The summed E-state index contributed by atoms with van der Waals surface area (Å²) in [4.78, 5) is 24.8. The molecule has 0 saturated heterocycles. The molecule has 0 spiro atoms. The van der Waals surface area contributed by atoms with E-state index in [1.54, 1.807) is 26.0 Å². The first kappa shape index (κ1) is 18.5. The van der Waals surface area contributed by atoms with Crippen molar-refractivity contribution in [3.05, 3.63) is 54.1 Å². The molecule has 0 atom stereocenters. The van der Waals surface area contributed by atoms with E-state index in [0.29, 0.717) is 11.3 Å². The van der Waals surface area contributed by atoms with E-state index in [1.807, 2.05) is 36.4 Å². The Bertz CT molecular complexity index is 706. The molecule has 0 aromatic heterocycles. The number of carbonyl (C=O) groups is 2. The maximum absolute atomic E-state index is 12.4. The monoisotopic (exact) mass is 342 g/mol. The van der Waals surface area contributed by atoms with Crippen molar-refractivity contribution in [3.63, 3.8) is 0 Å². The Morgan fingerprint density at radius 1 is 0.880 bits per heavy atom. The van der Waals surface area contributed by atoms with E-state index < -0.39 is 17.9 Å². The summed E-state index contributed by atoms with van der Waals surface area (Å²) in [6.45, 7) is 3.74. The number of benzene rings is 2. The molecule has 5 heteroatoms. The molecule has 0 N–H and O–H groups in total. The molecule has 2 rings (SSSR count). The quantitative estimate of drug-likeness (QED) is 0.568. The van der Waals surface area contributed by atoms with Gasteiger partial charge in [-0.15, -0.1) is 0 Å². The predicted molar refractivity (Wildman–Crippen MR) is 94.4 cm³/mol. The van der Waals surface area contributed by atoms with Crippen LogP contribution in [0.3, 0.4) is 0 Å². The molecule has 0 bridgehead atoms. The molecule has 0 unspecified atom stereocenters. The number of ether oxygens (including phenoxy) is 3. The molecule has 5 nitrogen and oxygen atoms in total. The van der Waals surface area contributed by atoms with Crippen molar-refractivity contribution in [2.24, 2.45) is 0 Å². The van der Waals surface area contributed by atoms with Gasteiger partial charge in [-0.3, -0.25) is 9.59 Å². The average molecular weight is 342 g/mol. The number of hydrogen-bond acceptors (Lipinski definition) is 5. The van der Waals surface area contributed by atoms with Gasteiger partial charge in [0.25, 0.3) is 0 Å². The minimum Gasteiger partial charge on any atom is -0.496 e. The summed E-state index contributed by atoms with van der Waals surface area (Å²) in [7, 11) is 1.49. The van der Waals surface area contributed by atoms with Crippen molar-refractivity contribution in [1.82, 2.24) is 0 Å². The normalized spacial score (nSPS) is 10.4. The zero-order valence-corrected chi connectivity index (χ0v) is 14.7. The molecule has 2 aromatic carbocycles. The van der Waals surface area contributed by atoms with E-state index in [0.717, 1.165) is 11.1 Å². The van der Waals surface area contributed by atoms with Crippen LogP contribution in [0, 0.1) is 0 Å². The van der Waals surface area contributed by atoms with Crippen LogP contribution in [0.2, 0.25) is 0 Å². The van der Waals surface area contributed by atoms with Crippen LogP contribution < -0.4 is 4.74 Å². The van der Waals surface area contributed by atoms with Crippen molar-refractivity contribution in [2.75, 3.05) is 20.3 Å². The minimum absolute atomic E-state index is 0.176. The van der Waals surface area contributed by atoms with Gasteiger partial charge in [0, 0.05) is 5.56 Å². The number of hydrogen-bond donors (Lipinski definition) is 0. The van der Waals surface area contributed by atoms with E-state index >= 15 is 0 Å². The largest absolute Gasteiger partial charge is 0.496 e. The van der Waals surface area contributed by atoms with Gasteiger partial charge in [-0.1, -0.05) is 36.4 Å². The molecular formula is C20H22O5. The van der Waals surface area contributed by atoms with Crippen molar-refractivity contribution >= 4 is 11.9 Å². The van der Waals surface area contributed by atoms with Crippen LogP contribution in [0.1, 0.15) is 25.3 Å². The van der Waals surface area contributed by atoms with Gasteiger partial charge in [-0.25, -0.2) is 0 Å². The zero-order chi connectivity index (χ0) is 18.2. The molecule has 0 aliphatic rings. The zero-order valence-electron chi connectivity index (χ0n) is 14.7. The highest BCUT2D eigenvalue weighted by molar-refractivity contribution is 6.01. The topological polar surface area (TPSA) is 61.8 Å². The van der Waals surface area contributed by atoms with Crippen molar-refractivity contribution < 1.29 is 23.8 Å². The molecule has 0 amide bonds. The fraction of sp³-hybridized carbons (Fsp3) is 0.300. The van der Waals surface area contributed by atoms with Gasteiger partial charge in [0.1, 0.15) is 5.75 Å². The highest BCUT2D eigenvalue weighted by atomic mass is 16.6. The maximum Gasteiger partial charge on any atom is 0.325 e. The molecule has 132 valence electrons. The molecule has 0 heterocycles. The van der Waals surface area contributed by atoms with Crippen LogP contribution in [-0.2, 0) is 19.1 Å². The second-order valence-electron chi connectivity index (χ2n) is 5.26. The minimum atomic E-state index is -1.18. The number of methoxy groups -OCH3 is 1. The fourth-order valence-corrected chi connectivity index (χ4v) is 2.57. The van der Waals surface area contributed by atoms with E-state index in [4.69, 9.17) is 14.2 Å². The number of rotatable bonds is 7. The molecule has 0 saturated carbocycles. The lowest BCUT2D eigenvalue weighted by Crippen LogP contribution is -2.26. The van der Waals surface area contributed by atoms with Crippen LogP contribution in [0.5, 0.6) is 5.75 Å². The Morgan fingerprint density at radius 2 is 1.48 bits per heavy atom. The second kappa shape index (κ2) is 8.87. The molecule has 2 aromatic rings. The van der Waals surface area contributed by atoms with Gasteiger partial charge in [-0.2, -0.15) is 0 Å². The van der Waals surface area contributed by atoms with E-state index in [9.17, 15) is 9.59 Å². The van der Waals surface area contributed by atoms with Gasteiger partial charge < -0.3 is 14.2 Å². The third-order valence-electron chi connectivity index (χ3n) is 3.69. The van der Waals surface area contributed by atoms with Gasteiger partial charge in [-0.05, 0) is 37.1 Å². The van der Waals surface area contributed by atoms with Crippen molar-refractivity contribution in [3.8, 4) is 16.9 Å². The molecule has 0 aliphatic heterocycles. The summed E-state index contributed by atoms with van der Waals surface area (Å²) in [5.74, 6) is -2.04. The van der Waals surface area contributed by atoms with Gasteiger partial charge in [0.05, 0.1) is 20.3 Å². The third kappa shape index (κ3) is 4.38. The lowest BCUT2D eigenvalue weighted by molar-refractivity contribution is -0.157. The Hall–Kier alpha value is -2.82. The van der Waals surface area contributed by atoms with Crippen molar-refractivity contribution in [1.29, 1.82) is 0 Å². The average Bonchev–Trinajstić information content (AvgIpc) is 2.63. The first-order valence-corrected chi connectivity index (χ1v) is 8.19. The van der Waals surface area contributed by atoms with Gasteiger partial charge in [0.15, 0.2) is 5.92 Å². The Morgan fingerprint density at radius 3 is 2.00 bits per heavy atom.